The minimum Gasteiger partial charge on any atom is -0.340 e. The molecule has 1 aliphatic rings. The highest BCUT2D eigenvalue weighted by Crippen LogP contribution is 2.24. The molecule has 4 rings (SSSR count). The fourth-order valence-electron chi connectivity index (χ4n) is 3.24. The predicted molar refractivity (Wildman–Crippen MR) is 106 cm³/mol. The molecule has 0 unspecified atom stereocenters. The number of carbonyl (C=O) groups is 1. The normalized spacial score (nSPS) is 13.2. The summed E-state index contributed by atoms with van der Waals surface area (Å²) < 4.78 is 0. The Balaban J connectivity index is 1.54. The van der Waals surface area contributed by atoms with E-state index in [9.17, 15) is 4.79 Å². The van der Waals surface area contributed by atoms with E-state index in [4.69, 9.17) is 11.6 Å². The molecule has 1 aliphatic heterocycles. The van der Waals surface area contributed by atoms with Crippen LogP contribution in [0.25, 0.3) is 0 Å². The molecule has 3 aromatic rings. The van der Waals surface area contributed by atoms with Crippen molar-refractivity contribution in [3.63, 3.8) is 0 Å². The van der Waals surface area contributed by atoms with Crippen LogP contribution in [-0.4, -0.2) is 27.3 Å². The molecule has 6 heteroatoms. The van der Waals surface area contributed by atoms with Gasteiger partial charge in [0.2, 0.25) is 0 Å². The van der Waals surface area contributed by atoms with Crippen LogP contribution in [0.1, 0.15) is 27.2 Å². The number of anilines is 2. The number of hydrogen-bond donors (Lipinski definition) is 1. The lowest BCUT2D eigenvalue weighted by Crippen LogP contribution is -2.36. The lowest BCUT2D eigenvalue weighted by atomic mass is 10.00. The number of carbonyl (C=O) groups excluding carboxylic acids is 1. The SMILES string of the molecule is Cc1ccc(Cl)cc1Nc1cc(C(=O)N2CCc3ccccc3C2)ncn1. The van der Waals surface area contributed by atoms with Gasteiger partial charge < -0.3 is 10.2 Å². The number of aromatic nitrogens is 2. The number of halogens is 1. The van der Waals surface area contributed by atoms with Crippen molar-refractivity contribution in [3.05, 3.63) is 82.3 Å². The van der Waals surface area contributed by atoms with Crippen molar-refractivity contribution >= 4 is 29.0 Å². The molecule has 0 bridgehead atoms. The van der Waals surface area contributed by atoms with Crippen LogP contribution >= 0.6 is 11.6 Å². The molecule has 5 nitrogen and oxygen atoms in total. The Labute approximate surface area is 163 Å². The third-order valence-electron chi connectivity index (χ3n) is 4.77. The smallest absolute Gasteiger partial charge is 0.272 e. The molecule has 1 aromatic heterocycles. The fraction of sp³-hybridized carbons (Fsp3) is 0.190. The number of aryl methyl sites for hydroxylation is 1. The molecular formula is C21H19ClN4O. The Morgan fingerprint density at radius 1 is 1.11 bits per heavy atom. The van der Waals surface area contributed by atoms with Crippen molar-refractivity contribution < 1.29 is 4.79 Å². The Morgan fingerprint density at radius 2 is 1.93 bits per heavy atom. The van der Waals surface area contributed by atoms with Crippen LogP contribution < -0.4 is 5.32 Å². The van der Waals surface area contributed by atoms with Gasteiger partial charge in [-0.1, -0.05) is 41.9 Å². The number of hydrogen-bond acceptors (Lipinski definition) is 4. The van der Waals surface area contributed by atoms with Crippen molar-refractivity contribution in [1.29, 1.82) is 0 Å². The van der Waals surface area contributed by atoms with Crippen molar-refractivity contribution in [2.75, 3.05) is 11.9 Å². The van der Waals surface area contributed by atoms with Gasteiger partial charge in [-0.2, -0.15) is 0 Å². The zero-order valence-corrected chi connectivity index (χ0v) is 15.7. The molecule has 0 saturated heterocycles. The third-order valence-corrected chi connectivity index (χ3v) is 5.00. The number of nitrogens with one attached hydrogen (secondary N) is 1. The van der Waals surface area contributed by atoms with Gasteiger partial charge in [0.25, 0.3) is 5.91 Å². The van der Waals surface area contributed by atoms with E-state index in [1.54, 1.807) is 6.07 Å². The molecular weight excluding hydrogens is 360 g/mol. The summed E-state index contributed by atoms with van der Waals surface area (Å²) in [5.41, 5.74) is 4.78. The zero-order chi connectivity index (χ0) is 18.8. The first kappa shape index (κ1) is 17.5. The maximum atomic E-state index is 12.9. The van der Waals surface area contributed by atoms with Gasteiger partial charge in [-0.25, -0.2) is 9.97 Å². The molecule has 0 fully saturated rings. The standard InChI is InChI=1S/C21H19ClN4O/c1-14-6-7-17(22)10-18(14)25-20-11-19(23-13-24-20)21(27)26-9-8-15-4-2-3-5-16(15)12-26/h2-7,10-11,13H,8-9,12H2,1H3,(H,23,24,25). The maximum absolute atomic E-state index is 12.9. The van der Waals surface area contributed by atoms with Crippen molar-refractivity contribution in [1.82, 2.24) is 14.9 Å². The lowest BCUT2D eigenvalue weighted by molar-refractivity contribution is 0.0728. The molecule has 0 aliphatic carbocycles. The largest absolute Gasteiger partial charge is 0.340 e. The molecule has 0 saturated carbocycles. The topological polar surface area (TPSA) is 58.1 Å². The van der Waals surface area contributed by atoms with Crippen molar-refractivity contribution in [2.45, 2.75) is 19.9 Å². The molecule has 2 aromatic carbocycles. The second kappa shape index (κ2) is 7.37. The number of nitrogens with zero attached hydrogens (tertiary/aromatic N) is 3. The summed E-state index contributed by atoms with van der Waals surface area (Å²) in [6, 6.07) is 15.5. The van der Waals surface area contributed by atoms with Gasteiger partial charge in [0.15, 0.2) is 0 Å². The zero-order valence-electron chi connectivity index (χ0n) is 14.9. The van der Waals surface area contributed by atoms with Gasteiger partial charge in [0.05, 0.1) is 0 Å². The van der Waals surface area contributed by atoms with E-state index in [0.29, 0.717) is 29.6 Å². The van der Waals surface area contributed by atoms with Crippen LogP contribution in [-0.2, 0) is 13.0 Å². The summed E-state index contributed by atoms with van der Waals surface area (Å²) in [5, 5.41) is 3.86. The highest BCUT2D eigenvalue weighted by atomic mass is 35.5. The summed E-state index contributed by atoms with van der Waals surface area (Å²) in [5.74, 6) is 0.480. The third kappa shape index (κ3) is 3.78. The van der Waals surface area contributed by atoms with Crippen LogP contribution in [0.15, 0.2) is 54.9 Å². The molecule has 1 N–H and O–H groups in total. The molecule has 27 heavy (non-hydrogen) atoms. The highest BCUT2D eigenvalue weighted by Gasteiger charge is 2.22. The Bertz CT molecular complexity index is 1000. The van der Waals surface area contributed by atoms with Gasteiger partial charge in [-0.15, -0.1) is 0 Å². The fourth-order valence-corrected chi connectivity index (χ4v) is 3.41. The first-order valence-corrected chi connectivity index (χ1v) is 9.19. The second-order valence-corrected chi connectivity index (χ2v) is 7.05. The van der Waals surface area contributed by atoms with E-state index in [0.717, 1.165) is 17.7 Å². The first-order valence-electron chi connectivity index (χ1n) is 8.81. The molecule has 0 atom stereocenters. The number of amides is 1. The Morgan fingerprint density at radius 3 is 2.78 bits per heavy atom. The van der Waals surface area contributed by atoms with Crippen LogP contribution in [0.3, 0.4) is 0 Å². The van der Waals surface area contributed by atoms with Gasteiger partial charge in [-0.3, -0.25) is 4.79 Å². The second-order valence-electron chi connectivity index (χ2n) is 6.62. The predicted octanol–water partition coefficient (Wildman–Crippen LogP) is 4.38. The minimum absolute atomic E-state index is 0.0854. The highest BCUT2D eigenvalue weighted by molar-refractivity contribution is 6.30. The van der Waals surface area contributed by atoms with E-state index in [1.165, 1.54) is 17.5 Å². The molecule has 2 heterocycles. The summed E-state index contributed by atoms with van der Waals surface area (Å²) in [6.45, 7) is 3.28. The van der Waals surface area contributed by atoms with E-state index < -0.39 is 0 Å². The van der Waals surface area contributed by atoms with Crippen LogP contribution in [0.5, 0.6) is 0 Å². The summed E-state index contributed by atoms with van der Waals surface area (Å²) in [6.07, 6.45) is 2.27. The summed E-state index contributed by atoms with van der Waals surface area (Å²) in [7, 11) is 0. The van der Waals surface area contributed by atoms with E-state index in [-0.39, 0.29) is 5.91 Å². The average molecular weight is 379 g/mol. The van der Waals surface area contributed by atoms with Crippen molar-refractivity contribution in [3.8, 4) is 0 Å². The minimum atomic E-state index is -0.0854. The summed E-state index contributed by atoms with van der Waals surface area (Å²) in [4.78, 5) is 23.2. The van der Waals surface area contributed by atoms with E-state index in [1.807, 2.05) is 42.2 Å². The van der Waals surface area contributed by atoms with E-state index in [2.05, 4.69) is 27.4 Å². The van der Waals surface area contributed by atoms with Crippen LogP contribution in [0.2, 0.25) is 5.02 Å². The molecule has 0 spiro atoms. The first-order chi connectivity index (χ1) is 13.1. The maximum Gasteiger partial charge on any atom is 0.272 e. The van der Waals surface area contributed by atoms with Gasteiger partial charge in [-0.05, 0) is 42.2 Å². The average Bonchev–Trinajstić information content (AvgIpc) is 2.70. The Kier molecular flexibility index (Phi) is 4.77. The molecule has 0 radical (unpaired) electrons. The van der Waals surface area contributed by atoms with Crippen molar-refractivity contribution in [2.24, 2.45) is 0 Å². The van der Waals surface area contributed by atoms with Gasteiger partial charge in [0, 0.05) is 29.9 Å². The number of benzene rings is 2. The van der Waals surface area contributed by atoms with Gasteiger partial charge >= 0.3 is 0 Å². The van der Waals surface area contributed by atoms with E-state index >= 15 is 0 Å². The summed E-state index contributed by atoms with van der Waals surface area (Å²) >= 11 is 6.07. The monoisotopic (exact) mass is 378 g/mol. The van der Waals surface area contributed by atoms with Gasteiger partial charge in [0.1, 0.15) is 17.8 Å². The molecule has 136 valence electrons. The number of fused-ring (bicyclic) bond motifs is 1. The van der Waals surface area contributed by atoms with Crippen LogP contribution in [0.4, 0.5) is 11.5 Å². The number of rotatable bonds is 3. The Hall–Kier alpha value is -2.92. The quantitative estimate of drug-likeness (QED) is 0.734. The van der Waals surface area contributed by atoms with Crippen LogP contribution in [0, 0.1) is 6.92 Å². The molecule has 1 amide bonds. The lowest BCUT2D eigenvalue weighted by Gasteiger charge is -2.28.